The summed E-state index contributed by atoms with van der Waals surface area (Å²) in [5.41, 5.74) is 1.10. The number of carbonyl (C=O) groups excluding carboxylic acids is 1. The van der Waals surface area contributed by atoms with Gasteiger partial charge >= 0.3 is 0 Å². The zero-order valence-electron chi connectivity index (χ0n) is 9.58. The van der Waals surface area contributed by atoms with Gasteiger partial charge in [0.1, 0.15) is 0 Å². The molecule has 1 aliphatic rings. The summed E-state index contributed by atoms with van der Waals surface area (Å²) in [6, 6.07) is 2.01. The molecule has 2 N–H and O–H groups in total. The van der Waals surface area contributed by atoms with Gasteiger partial charge in [-0.15, -0.1) is 0 Å². The van der Waals surface area contributed by atoms with Gasteiger partial charge in [0.15, 0.2) is 0 Å². The van der Waals surface area contributed by atoms with Gasteiger partial charge in [-0.05, 0) is 55.2 Å². The molecular formula is C12H18N2OS. The van der Waals surface area contributed by atoms with E-state index in [0.29, 0.717) is 6.42 Å². The fraction of sp³-hybridized carbons (Fsp3) is 0.583. The first-order valence-corrected chi connectivity index (χ1v) is 6.65. The van der Waals surface area contributed by atoms with Crippen molar-refractivity contribution >= 4 is 17.2 Å². The Balaban J connectivity index is 1.86. The number of piperidine rings is 1. The monoisotopic (exact) mass is 238 g/mol. The van der Waals surface area contributed by atoms with Crippen molar-refractivity contribution in [3.8, 4) is 0 Å². The van der Waals surface area contributed by atoms with Gasteiger partial charge in [0.25, 0.3) is 0 Å². The van der Waals surface area contributed by atoms with Crippen molar-refractivity contribution in [2.45, 2.75) is 31.7 Å². The second kappa shape index (κ2) is 4.97. The summed E-state index contributed by atoms with van der Waals surface area (Å²) < 4.78 is 0. The molecule has 2 heterocycles. The number of thiophene rings is 1. The van der Waals surface area contributed by atoms with E-state index in [9.17, 15) is 4.79 Å². The maximum atomic E-state index is 11.9. The summed E-state index contributed by atoms with van der Waals surface area (Å²) in [7, 11) is 0. The highest BCUT2D eigenvalue weighted by Gasteiger charge is 2.27. The van der Waals surface area contributed by atoms with Crippen LogP contribution in [-0.2, 0) is 11.2 Å². The Morgan fingerprint density at radius 3 is 2.94 bits per heavy atom. The normalized spacial score (nSPS) is 19.3. The van der Waals surface area contributed by atoms with Crippen LogP contribution in [0.25, 0.3) is 0 Å². The lowest BCUT2D eigenvalue weighted by Gasteiger charge is -2.35. The third kappa shape index (κ3) is 3.06. The zero-order chi connectivity index (χ0) is 11.4. The van der Waals surface area contributed by atoms with Crippen LogP contribution in [0.4, 0.5) is 0 Å². The Labute approximate surface area is 100 Å². The van der Waals surface area contributed by atoms with Crippen molar-refractivity contribution in [2.24, 2.45) is 0 Å². The Morgan fingerprint density at radius 1 is 1.56 bits per heavy atom. The van der Waals surface area contributed by atoms with Crippen LogP contribution in [0.3, 0.4) is 0 Å². The topological polar surface area (TPSA) is 41.1 Å². The van der Waals surface area contributed by atoms with Crippen molar-refractivity contribution in [2.75, 3.05) is 13.1 Å². The molecule has 1 fully saturated rings. The molecule has 2 rings (SSSR count). The first-order chi connectivity index (χ1) is 7.68. The van der Waals surface area contributed by atoms with Crippen LogP contribution in [0.15, 0.2) is 16.8 Å². The summed E-state index contributed by atoms with van der Waals surface area (Å²) in [6.07, 6.45) is 2.54. The first kappa shape index (κ1) is 11.6. The van der Waals surface area contributed by atoms with Crippen LogP contribution in [0.5, 0.6) is 0 Å². The van der Waals surface area contributed by atoms with E-state index in [0.717, 1.165) is 31.5 Å². The van der Waals surface area contributed by atoms with E-state index in [1.807, 2.05) is 16.8 Å². The summed E-state index contributed by atoms with van der Waals surface area (Å²) >= 11 is 1.64. The SMILES string of the molecule is CC1(NC(=O)Cc2ccsc2)CCNCC1. The van der Waals surface area contributed by atoms with Crippen molar-refractivity contribution in [3.05, 3.63) is 22.4 Å². The minimum atomic E-state index is -0.0155. The van der Waals surface area contributed by atoms with Crippen LogP contribution < -0.4 is 10.6 Å². The quantitative estimate of drug-likeness (QED) is 0.839. The minimum absolute atomic E-state index is 0.0155. The predicted octanol–water partition coefficient (Wildman–Crippen LogP) is 1.55. The first-order valence-electron chi connectivity index (χ1n) is 5.71. The number of hydrogen-bond donors (Lipinski definition) is 2. The Bertz CT molecular complexity index is 342. The Hall–Kier alpha value is -0.870. The van der Waals surface area contributed by atoms with Gasteiger partial charge in [-0.3, -0.25) is 4.79 Å². The molecule has 0 bridgehead atoms. The van der Waals surface area contributed by atoms with Gasteiger partial charge in [0, 0.05) is 5.54 Å². The second-order valence-corrected chi connectivity index (χ2v) is 5.45. The van der Waals surface area contributed by atoms with E-state index < -0.39 is 0 Å². The van der Waals surface area contributed by atoms with Crippen LogP contribution in [0.2, 0.25) is 0 Å². The van der Waals surface area contributed by atoms with Gasteiger partial charge in [0.05, 0.1) is 6.42 Å². The largest absolute Gasteiger partial charge is 0.351 e. The molecule has 16 heavy (non-hydrogen) atoms. The maximum Gasteiger partial charge on any atom is 0.224 e. The van der Waals surface area contributed by atoms with Gasteiger partial charge in [0.2, 0.25) is 5.91 Å². The van der Waals surface area contributed by atoms with Crippen molar-refractivity contribution in [3.63, 3.8) is 0 Å². The summed E-state index contributed by atoms with van der Waals surface area (Å²) in [4.78, 5) is 11.9. The average molecular weight is 238 g/mol. The average Bonchev–Trinajstić information content (AvgIpc) is 2.70. The molecule has 0 atom stereocenters. The second-order valence-electron chi connectivity index (χ2n) is 4.67. The number of hydrogen-bond acceptors (Lipinski definition) is 3. The van der Waals surface area contributed by atoms with Crippen LogP contribution in [0.1, 0.15) is 25.3 Å². The molecule has 0 spiro atoms. The van der Waals surface area contributed by atoms with Crippen molar-refractivity contribution in [1.29, 1.82) is 0 Å². The summed E-state index contributed by atoms with van der Waals surface area (Å²) in [6.45, 7) is 4.13. The fourth-order valence-electron chi connectivity index (χ4n) is 2.06. The van der Waals surface area contributed by atoms with Crippen molar-refractivity contribution < 1.29 is 4.79 Å². The molecule has 0 radical (unpaired) electrons. The molecular weight excluding hydrogens is 220 g/mol. The molecule has 3 nitrogen and oxygen atoms in total. The van der Waals surface area contributed by atoms with E-state index in [1.165, 1.54) is 0 Å². The minimum Gasteiger partial charge on any atom is -0.351 e. The number of nitrogens with one attached hydrogen (secondary N) is 2. The van der Waals surface area contributed by atoms with Crippen molar-refractivity contribution in [1.82, 2.24) is 10.6 Å². The molecule has 1 saturated heterocycles. The zero-order valence-corrected chi connectivity index (χ0v) is 10.4. The molecule has 88 valence electrons. The summed E-state index contributed by atoms with van der Waals surface area (Å²) in [5.74, 6) is 0.141. The van der Waals surface area contributed by atoms with Gasteiger partial charge in [-0.2, -0.15) is 11.3 Å². The fourth-order valence-corrected chi connectivity index (χ4v) is 2.73. The number of carbonyl (C=O) groups is 1. The smallest absolute Gasteiger partial charge is 0.224 e. The molecule has 1 amide bonds. The molecule has 0 aliphatic carbocycles. The van der Waals surface area contributed by atoms with Gasteiger partial charge in [-0.25, -0.2) is 0 Å². The summed E-state index contributed by atoms with van der Waals surface area (Å²) in [5, 5.41) is 10.5. The van der Waals surface area contributed by atoms with E-state index in [2.05, 4.69) is 17.6 Å². The Morgan fingerprint density at radius 2 is 2.31 bits per heavy atom. The lowest BCUT2D eigenvalue weighted by Crippen LogP contribution is -2.52. The predicted molar refractivity (Wildman–Crippen MR) is 66.7 cm³/mol. The van der Waals surface area contributed by atoms with Crippen LogP contribution in [0, 0.1) is 0 Å². The maximum absolute atomic E-state index is 11.9. The van der Waals surface area contributed by atoms with Gasteiger partial charge < -0.3 is 10.6 Å². The highest BCUT2D eigenvalue weighted by atomic mass is 32.1. The highest BCUT2D eigenvalue weighted by Crippen LogP contribution is 2.17. The van der Waals surface area contributed by atoms with E-state index in [4.69, 9.17) is 0 Å². The molecule has 0 aromatic carbocycles. The van der Waals surface area contributed by atoms with E-state index >= 15 is 0 Å². The number of rotatable bonds is 3. The third-order valence-corrected chi connectivity index (χ3v) is 3.83. The third-order valence-electron chi connectivity index (χ3n) is 3.09. The van der Waals surface area contributed by atoms with Gasteiger partial charge in [-0.1, -0.05) is 0 Å². The highest BCUT2D eigenvalue weighted by molar-refractivity contribution is 7.07. The lowest BCUT2D eigenvalue weighted by molar-refractivity contribution is -0.122. The molecule has 0 unspecified atom stereocenters. The van der Waals surface area contributed by atoms with Crippen LogP contribution >= 0.6 is 11.3 Å². The van der Waals surface area contributed by atoms with E-state index in [-0.39, 0.29) is 11.4 Å². The number of amides is 1. The van der Waals surface area contributed by atoms with Crippen LogP contribution in [-0.4, -0.2) is 24.5 Å². The van der Waals surface area contributed by atoms with E-state index in [1.54, 1.807) is 11.3 Å². The molecule has 0 saturated carbocycles. The molecule has 1 aromatic rings. The Kier molecular flexibility index (Phi) is 3.61. The molecule has 4 heteroatoms. The standard InChI is InChI=1S/C12H18N2OS/c1-12(3-5-13-6-4-12)14-11(15)8-10-2-7-16-9-10/h2,7,9,13H,3-6,8H2,1H3,(H,14,15). The molecule has 1 aromatic heterocycles. The lowest BCUT2D eigenvalue weighted by atomic mass is 9.90. The molecule has 1 aliphatic heterocycles.